The number of nitrogens with one attached hydrogen (secondary N) is 1. The van der Waals surface area contributed by atoms with Gasteiger partial charge in [0.25, 0.3) is 0 Å². The molecule has 1 heterocycles. The van der Waals surface area contributed by atoms with E-state index in [2.05, 4.69) is 22.4 Å². The molecule has 0 unspecified atom stereocenters. The number of rotatable bonds is 8. The number of oxazole rings is 1. The lowest BCUT2D eigenvalue weighted by Gasteiger charge is -2.26. The van der Waals surface area contributed by atoms with E-state index in [0.29, 0.717) is 6.42 Å². The van der Waals surface area contributed by atoms with Crippen LogP contribution in [0.25, 0.3) is 0 Å². The van der Waals surface area contributed by atoms with E-state index in [-0.39, 0.29) is 5.89 Å². The van der Waals surface area contributed by atoms with Crippen LogP contribution in [0.15, 0.2) is 102 Å². The van der Waals surface area contributed by atoms with Gasteiger partial charge in [0.1, 0.15) is 5.76 Å². The van der Waals surface area contributed by atoms with Crippen LogP contribution in [0.4, 0.5) is 0 Å². The van der Waals surface area contributed by atoms with Crippen molar-refractivity contribution in [3.63, 3.8) is 0 Å². The third kappa shape index (κ3) is 4.29. The fourth-order valence-corrected chi connectivity index (χ4v) is 3.40. The van der Waals surface area contributed by atoms with Gasteiger partial charge in [-0.05, 0) is 16.7 Å². The smallest absolute Gasteiger partial charge is 0.235 e. The summed E-state index contributed by atoms with van der Waals surface area (Å²) in [6.07, 6.45) is 2.40. The second-order valence-corrected chi connectivity index (χ2v) is 6.99. The van der Waals surface area contributed by atoms with Crippen LogP contribution in [0.5, 0.6) is 0 Å². The molecule has 1 aromatic heterocycles. The van der Waals surface area contributed by atoms with Crippen molar-refractivity contribution in [2.45, 2.75) is 18.6 Å². The van der Waals surface area contributed by atoms with Gasteiger partial charge in [0, 0.05) is 19.5 Å². The number of hydrogen-bond acceptors (Lipinski definition) is 4. The highest BCUT2D eigenvalue weighted by atomic mass is 16.4. The minimum absolute atomic E-state index is 0.285. The molecule has 0 saturated heterocycles. The van der Waals surface area contributed by atoms with Gasteiger partial charge in [0.15, 0.2) is 5.60 Å². The molecule has 4 heteroatoms. The van der Waals surface area contributed by atoms with E-state index >= 15 is 0 Å². The topological polar surface area (TPSA) is 58.3 Å². The third-order valence-electron chi connectivity index (χ3n) is 4.97. The Balaban J connectivity index is 1.51. The fourth-order valence-electron chi connectivity index (χ4n) is 3.40. The zero-order valence-corrected chi connectivity index (χ0v) is 16.2. The van der Waals surface area contributed by atoms with Crippen LogP contribution in [0, 0.1) is 0 Å². The quantitative estimate of drug-likeness (QED) is 0.445. The Morgan fingerprint density at radius 2 is 1.34 bits per heavy atom. The Bertz CT molecular complexity index is 975. The summed E-state index contributed by atoms with van der Waals surface area (Å²) in [7, 11) is 0. The summed E-state index contributed by atoms with van der Waals surface area (Å²) in [5.74, 6) is 1.03. The minimum atomic E-state index is -1.43. The van der Waals surface area contributed by atoms with Gasteiger partial charge in [-0.15, -0.1) is 0 Å². The van der Waals surface area contributed by atoms with E-state index in [1.54, 1.807) is 6.20 Å². The summed E-state index contributed by atoms with van der Waals surface area (Å²) >= 11 is 0. The summed E-state index contributed by atoms with van der Waals surface area (Å²) in [6, 6.07) is 29.3. The third-order valence-corrected chi connectivity index (χ3v) is 4.97. The molecule has 4 rings (SSSR count). The molecule has 0 atom stereocenters. The summed E-state index contributed by atoms with van der Waals surface area (Å²) in [5, 5.41) is 15.1. The highest BCUT2D eigenvalue weighted by molar-refractivity contribution is 5.41. The summed E-state index contributed by atoms with van der Waals surface area (Å²) in [6.45, 7) is 1.57. The number of nitrogens with zero attached hydrogens (tertiary/aromatic N) is 1. The molecule has 0 bridgehead atoms. The molecule has 3 aromatic carbocycles. The van der Waals surface area contributed by atoms with Gasteiger partial charge in [0.2, 0.25) is 5.89 Å². The van der Waals surface area contributed by atoms with Crippen LogP contribution in [0.1, 0.15) is 28.3 Å². The van der Waals surface area contributed by atoms with Gasteiger partial charge in [0.05, 0.1) is 6.20 Å². The molecule has 4 aromatic rings. The standard InChI is InChI=1S/C25H24N2O2/c28-25(21-12-6-2-7-13-21,22-14-8-3-9-15-22)24-27-19-23(29-24)16-17-26-18-20-10-4-1-5-11-20/h1-15,19,26,28H,16-18H2. The summed E-state index contributed by atoms with van der Waals surface area (Å²) in [5.41, 5.74) is 1.26. The second-order valence-electron chi connectivity index (χ2n) is 6.99. The van der Waals surface area contributed by atoms with Gasteiger partial charge < -0.3 is 14.8 Å². The fraction of sp³-hybridized carbons (Fsp3) is 0.160. The molecule has 2 N–H and O–H groups in total. The molecular weight excluding hydrogens is 360 g/mol. The Kier molecular flexibility index (Phi) is 5.84. The Morgan fingerprint density at radius 1 is 0.793 bits per heavy atom. The largest absolute Gasteiger partial charge is 0.442 e. The molecule has 29 heavy (non-hydrogen) atoms. The second kappa shape index (κ2) is 8.86. The average Bonchev–Trinajstić information content (AvgIpc) is 3.27. The van der Waals surface area contributed by atoms with Crippen molar-refractivity contribution in [1.29, 1.82) is 0 Å². The molecule has 0 fully saturated rings. The Morgan fingerprint density at radius 3 is 1.93 bits per heavy atom. The Labute approximate surface area is 170 Å². The summed E-state index contributed by atoms with van der Waals surface area (Å²) < 4.78 is 6.01. The SMILES string of the molecule is OC(c1ccccc1)(c1ccccc1)c1ncc(CCNCc2ccccc2)o1. The van der Waals surface area contributed by atoms with Crippen LogP contribution in [0.3, 0.4) is 0 Å². The first-order valence-electron chi connectivity index (χ1n) is 9.80. The van der Waals surface area contributed by atoms with Crippen LogP contribution in [-0.4, -0.2) is 16.6 Å². The van der Waals surface area contributed by atoms with E-state index in [4.69, 9.17) is 4.42 Å². The molecule has 0 aliphatic rings. The highest BCUT2D eigenvalue weighted by Gasteiger charge is 2.38. The number of benzene rings is 3. The first-order valence-corrected chi connectivity index (χ1v) is 9.80. The number of aromatic nitrogens is 1. The molecule has 4 nitrogen and oxygen atoms in total. The van der Waals surface area contributed by atoms with Crippen LogP contribution >= 0.6 is 0 Å². The van der Waals surface area contributed by atoms with Crippen LogP contribution < -0.4 is 5.32 Å². The van der Waals surface area contributed by atoms with Crippen LogP contribution in [-0.2, 0) is 18.6 Å². The van der Waals surface area contributed by atoms with Crippen molar-refractivity contribution in [1.82, 2.24) is 10.3 Å². The van der Waals surface area contributed by atoms with E-state index in [9.17, 15) is 5.11 Å². The van der Waals surface area contributed by atoms with E-state index in [1.807, 2.05) is 78.9 Å². The van der Waals surface area contributed by atoms with E-state index in [1.165, 1.54) is 5.56 Å². The lowest BCUT2D eigenvalue weighted by atomic mass is 9.86. The maximum atomic E-state index is 11.7. The van der Waals surface area contributed by atoms with E-state index in [0.717, 1.165) is 30.0 Å². The maximum absolute atomic E-state index is 11.7. The molecule has 0 radical (unpaired) electrons. The lowest BCUT2D eigenvalue weighted by molar-refractivity contribution is 0.0913. The van der Waals surface area contributed by atoms with Gasteiger partial charge in [-0.3, -0.25) is 0 Å². The van der Waals surface area contributed by atoms with Crippen molar-refractivity contribution in [2.75, 3.05) is 6.54 Å². The van der Waals surface area contributed by atoms with Crippen LogP contribution in [0.2, 0.25) is 0 Å². The van der Waals surface area contributed by atoms with Crippen molar-refractivity contribution in [2.24, 2.45) is 0 Å². The molecule has 0 aliphatic heterocycles. The molecule has 0 aliphatic carbocycles. The van der Waals surface area contributed by atoms with Gasteiger partial charge in [-0.25, -0.2) is 4.98 Å². The molecule has 0 saturated carbocycles. The highest BCUT2D eigenvalue weighted by Crippen LogP contribution is 2.36. The van der Waals surface area contributed by atoms with Gasteiger partial charge >= 0.3 is 0 Å². The Hall–Kier alpha value is -3.21. The van der Waals surface area contributed by atoms with Crippen molar-refractivity contribution in [3.05, 3.63) is 126 Å². The molecule has 146 valence electrons. The predicted molar refractivity (Wildman–Crippen MR) is 113 cm³/mol. The lowest BCUT2D eigenvalue weighted by Crippen LogP contribution is -2.29. The maximum Gasteiger partial charge on any atom is 0.235 e. The molecule has 0 amide bonds. The van der Waals surface area contributed by atoms with Crippen molar-refractivity contribution < 1.29 is 9.52 Å². The average molecular weight is 384 g/mol. The first kappa shape index (κ1) is 19.1. The zero-order chi connectivity index (χ0) is 19.9. The summed E-state index contributed by atoms with van der Waals surface area (Å²) in [4.78, 5) is 4.43. The number of aliphatic hydroxyl groups is 1. The monoisotopic (exact) mass is 384 g/mol. The molecular formula is C25H24N2O2. The first-order chi connectivity index (χ1) is 14.3. The molecule has 0 spiro atoms. The van der Waals surface area contributed by atoms with Gasteiger partial charge in [-0.1, -0.05) is 91.0 Å². The van der Waals surface area contributed by atoms with Crippen molar-refractivity contribution in [3.8, 4) is 0 Å². The van der Waals surface area contributed by atoms with E-state index < -0.39 is 5.60 Å². The van der Waals surface area contributed by atoms with Gasteiger partial charge in [-0.2, -0.15) is 0 Å². The normalized spacial score (nSPS) is 11.5. The number of hydrogen-bond donors (Lipinski definition) is 2. The minimum Gasteiger partial charge on any atom is -0.442 e. The predicted octanol–water partition coefficient (Wildman–Crippen LogP) is 4.29. The van der Waals surface area contributed by atoms with Crippen molar-refractivity contribution >= 4 is 0 Å². The zero-order valence-electron chi connectivity index (χ0n) is 16.2.